The van der Waals surface area contributed by atoms with Gasteiger partial charge in [0.15, 0.2) is 5.69 Å². The Morgan fingerprint density at radius 1 is 1.41 bits per heavy atom. The van der Waals surface area contributed by atoms with Crippen molar-refractivity contribution in [2.45, 2.75) is 6.92 Å². The van der Waals surface area contributed by atoms with E-state index in [2.05, 4.69) is 26.3 Å². The second-order valence-electron chi connectivity index (χ2n) is 3.81. The van der Waals surface area contributed by atoms with Gasteiger partial charge in [-0.1, -0.05) is 6.07 Å². The van der Waals surface area contributed by atoms with Crippen molar-refractivity contribution in [3.05, 3.63) is 46.2 Å². The molecule has 2 aromatic rings. The van der Waals surface area contributed by atoms with Crippen LogP contribution >= 0.6 is 15.9 Å². The van der Waals surface area contributed by atoms with E-state index in [1.54, 1.807) is 24.0 Å². The van der Waals surface area contributed by atoms with E-state index >= 15 is 0 Å². The summed E-state index contributed by atoms with van der Waals surface area (Å²) in [5.74, 6) is -0.211. The topological polar surface area (TPSA) is 46.9 Å². The monoisotopic (exact) mass is 293 g/mol. The zero-order valence-electron chi connectivity index (χ0n) is 9.57. The molecule has 0 radical (unpaired) electrons. The van der Waals surface area contributed by atoms with Gasteiger partial charge in [-0.25, -0.2) is 0 Å². The number of aryl methyl sites for hydroxylation is 2. The third-order valence-corrected chi connectivity index (χ3v) is 3.01. The van der Waals surface area contributed by atoms with E-state index in [4.69, 9.17) is 0 Å². The van der Waals surface area contributed by atoms with Gasteiger partial charge >= 0.3 is 0 Å². The first-order valence-electron chi connectivity index (χ1n) is 5.13. The number of anilines is 1. The molecule has 1 heterocycles. The Balaban J connectivity index is 2.21. The SMILES string of the molecule is Cc1ccc(Br)c(NC(=O)c2ccn(C)n2)c1. The number of nitrogens with one attached hydrogen (secondary N) is 1. The van der Waals surface area contributed by atoms with Gasteiger partial charge in [-0.05, 0) is 46.6 Å². The van der Waals surface area contributed by atoms with Gasteiger partial charge in [0.05, 0.1) is 5.69 Å². The summed E-state index contributed by atoms with van der Waals surface area (Å²) in [4.78, 5) is 11.9. The van der Waals surface area contributed by atoms with E-state index in [9.17, 15) is 4.79 Å². The molecule has 0 atom stereocenters. The molecule has 1 amide bonds. The number of amides is 1. The first-order valence-corrected chi connectivity index (χ1v) is 5.93. The average Bonchev–Trinajstić information content (AvgIpc) is 2.70. The van der Waals surface area contributed by atoms with Crippen molar-refractivity contribution in [1.82, 2.24) is 9.78 Å². The van der Waals surface area contributed by atoms with Gasteiger partial charge in [0.2, 0.25) is 0 Å². The van der Waals surface area contributed by atoms with Crippen LogP contribution in [0.25, 0.3) is 0 Å². The van der Waals surface area contributed by atoms with Crippen molar-refractivity contribution in [2.75, 3.05) is 5.32 Å². The molecule has 0 spiro atoms. The largest absolute Gasteiger partial charge is 0.320 e. The molecule has 5 heteroatoms. The van der Waals surface area contributed by atoms with Gasteiger partial charge < -0.3 is 5.32 Å². The van der Waals surface area contributed by atoms with Crippen LogP contribution < -0.4 is 5.32 Å². The maximum absolute atomic E-state index is 11.9. The van der Waals surface area contributed by atoms with Crippen LogP contribution in [0.15, 0.2) is 34.9 Å². The summed E-state index contributed by atoms with van der Waals surface area (Å²) in [6.07, 6.45) is 1.74. The Morgan fingerprint density at radius 3 is 2.82 bits per heavy atom. The molecule has 0 bridgehead atoms. The molecular formula is C12H12BrN3O. The third-order valence-electron chi connectivity index (χ3n) is 2.32. The van der Waals surface area contributed by atoms with Crippen LogP contribution in [0.1, 0.15) is 16.1 Å². The average molecular weight is 294 g/mol. The van der Waals surface area contributed by atoms with E-state index < -0.39 is 0 Å². The molecular weight excluding hydrogens is 282 g/mol. The molecule has 88 valence electrons. The summed E-state index contributed by atoms with van der Waals surface area (Å²) in [6, 6.07) is 7.47. The standard InChI is InChI=1S/C12H12BrN3O/c1-8-3-4-9(13)11(7-8)14-12(17)10-5-6-16(2)15-10/h3-7H,1-2H3,(H,14,17). The number of nitrogens with zero attached hydrogens (tertiary/aromatic N) is 2. The number of carbonyl (C=O) groups excluding carboxylic acids is 1. The molecule has 0 saturated carbocycles. The minimum Gasteiger partial charge on any atom is -0.320 e. The van der Waals surface area contributed by atoms with Gasteiger partial charge in [-0.3, -0.25) is 9.48 Å². The van der Waals surface area contributed by atoms with Gasteiger partial charge in [0.25, 0.3) is 5.91 Å². The second-order valence-corrected chi connectivity index (χ2v) is 4.67. The van der Waals surface area contributed by atoms with Crippen LogP contribution in [0.5, 0.6) is 0 Å². The number of carbonyl (C=O) groups is 1. The summed E-state index contributed by atoms with van der Waals surface area (Å²) < 4.78 is 2.45. The number of benzene rings is 1. The van der Waals surface area contributed by atoms with Crippen LogP contribution in [0.3, 0.4) is 0 Å². The van der Waals surface area contributed by atoms with Crippen molar-refractivity contribution in [1.29, 1.82) is 0 Å². The predicted octanol–water partition coefficient (Wildman–Crippen LogP) is 2.74. The Bertz CT molecular complexity index is 563. The van der Waals surface area contributed by atoms with Gasteiger partial charge in [-0.15, -0.1) is 0 Å². The molecule has 0 aliphatic heterocycles. The number of hydrogen-bond donors (Lipinski definition) is 1. The zero-order chi connectivity index (χ0) is 12.4. The van der Waals surface area contributed by atoms with Crippen LogP contribution in [0, 0.1) is 6.92 Å². The van der Waals surface area contributed by atoms with Crippen molar-refractivity contribution >= 4 is 27.5 Å². The molecule has 0 unspecified atom stereocenters. The fraction of sp³-hybridized carbons (Fsp3) is 0.167. The quantitative estimate of drug-likeness (QED) is 0.925. The Labute approximate surface area is 108 Å². The molecule has 1 N–H and O–H groups in total. The molecule has 4 nitrogen and oxygen atoms in total. The lowest BCUT2D eigenvalue weighted by Crippen LogP contribution is -2.13. The zero-order valence-corrected chi connectivity index (χ0v) is 11.2. The summed E-state index contributed by atoms with van der Waals surface area (Å²) in [6.45, 7) is 1.98. The van der Waals surface area contributed by atoms with E-state index in [0.717, 1.165) is 15.7 Å². The lowest BCUT2D eigenvalue weighted by molar-refractivity contribution is 0.102. The van der Waals surface area contributed by atoms with Crippen LogP contribution in [0.2, 0.25) is 0 Å². The number of aromatic nitrogens is 2. The van der Waals surface area contributed by atoms with Crippen molar-refractivity contribution in [3.63, 3.8) is 0 Å². The highest BCUT2D eigenvalue weighted by Gasteiger charge is 2.10. The highest BCUT2D eigenvalue weighted by Crippen LogP contribution is 2.23. The minimum absolute atomic E-state index is 0.211. The lowest BCUT2D eigenvalue weighted by Gasteiger charge is -2.06. The lowest BCUT2D eigenvalue weighted by atomic mass is 10.2. The summed E-state index contributed by atoms with van der Waals surface area (Å²) in [5, 5.41) is 6.87. The fourth-order valence-electron chi connectivity index (χ4n) is 1.46. The van der Waals surface area contributed by atoms with Crippen LogP contribution in [-0.2, 0) is 7.05 Å². The predicted molar refractivity (Wildman–Crippen MR) is 70.0 cm³/mol. The third kappa shape index (κ3) is 2.74. The number of halogens is 1. The van der Waals surface area contributed by atoms with Gasteiger partial charge in [-0.2, -0.15) is 5.10 Å². The van der Waals surface area contributed by atoms with Crippen LogP contribution in [-0.4, -0.2) is 15.7 Å². The highest BCUT2D eigenvalue weighted by atomic mass is 79.9. The molecule has 0 aliphatic carbocycles. The Hall–Kier alpha value is -1.62. The van der Waals surface area contributed by atoms with Crippen molar-refractivity contribution in [3.8, 4) is 0 Å². The Morgan fingerprint density at radius 2 is 2.18 bits per heavy atom. The molecule has 2 rings (SSSR count). The molecule has 1 aromatic heterocycles. The van der Waals surface area contributed by atoms with Gasteiger partial charge in [0, 0.05) is 17.7 Å². The van der Waals surface area contributed by atoms with E-state index in [1.807, 2.05) is 25.1 Å². The van der Waals surface area contributed by atoms with Crippen LogP contribution in [0.4, 0.5) is 5.69 Å². The molecule has 0 fully saturated rings. The molecule has 0 aliphatic rings. The normalized spacial score (nSPS) is 10.3. The molecule has 1 aromatic carbocycles. The smallest absolute Gasteiger partial charge is 0.276 e. The Kier molecular flexibility index (Phi) is 3.28. The molecule has 17 heavy (non-hydrogen) atoms. The number of rotatable bonds is 2. The molecule has 0 saturated heterocycles. The van der Waals surface area contributed by atoms with Crippen molar-refractivity contribution < 1.29 is 4.79 Å². The van der Waals surface area contributed by atoms with E-state index in [1.165, 1.54) is 0 Å². The van der Waals surface area contributed by atoms with E-state index in [-0.39, 0.29) is 5.91 Å². The summed E-state index contributed by atoms with van der Waals surface area (Å²) >= 11 is 3.40. The van der Waals surface area contributed by atoms with Gasteiger partial charge in [0.1, 0.15) is 0 Å². The fourth-order valence-corrected chi connectivity index (χ4v) is 1.80. The minimum atomic E-state index is -0.211. The highest BCUT2D eigenvalue weighted by molar-refractivity contribution is 9.10. The van der Waals surface area contributed by atoms with Crippen molar-refractivity contribution in [2.24, 2.45) is 7.05 Å². The first kappa shape index (κ1) is 11.9. The second kappa shape index (κ2) is 4.71. The summed E-state index contributed by atoms with van der Waals surface area (Å²) in [5.41, 5.74) is 2.24. The maximum Gasteiger partial charge on any atom is 0.276 e. The first-order chi connectivity index (χ1) is 8.06. The summed E-state index contributed by atoms with van der Waals surface area (Å²) in [7, 11) is 1.78. The van der Waals surface area contributed by atoms with E-state index in [0.29, 0.717) is 5.69 Å². The maximum atomic E-state index is 11.9. The number of hydrogen-bond acceptors (Lipinski definition) is 2.